The summed E-state index contributed by atoms with van der Waals surface area (Å²) in [5.74, 6) is 0.677. The van der Waals surface area contributed by atoms with E-state index in [0.717, 1.165) is 12.1 Å². The van der Waals surface area contributed by atoms with Gasteiger partial charge >= 0.3 is 0 Å². The Morgan fingerprint density at radius 2 is 1.86 bits per heavy atom. The molecule has 1 aromatic heterocycles. The van der Waals surface area contributed by atoms with Gasteiger partial charge in [-0.25, -0.2) is 9.97 Å². The van der Waals surface area contributed by atoms with Crippen molar-refractivity contribution in [3.05, 3.63) is 18.0 Å². The van der Waals surface area contributed by atoms with Crippen LogP contribution in [0.1, 0.15) is 19.4 Å². The van der Waals surface area contributed by atoms with Gasteiger partial charge in [-0.15, -0.1) is 0 Å². The zero-order chi connectivity index (χ0) is 10.6. The minimum atomic E-state index is -0.0377. The Morgan fingerprint density at radius 3 is 2.36 bits per heavy atom. The average molecular weight is 194 g/mol. The molecule has 0 saturated heterocycles. The Kier molecular flexibility index (Phi) is 3.41. The quantitative estimate of drug-likeness (QED) is 0.756. The second-order valence-corrected chi connectivity index (χ2v) is 4.12. The van der Waals surface area contributed by atoms with Gasteiger partial charge in [0.15, 0.2) is 0 Å². The second-order valence-electron chi connectivity index (χ2n) is 4.12. The fraction of sp³-hybridized carbons (Fsp3) is 0.600. The van der Waals surface area contributed by atoms with E-state index in [9.17, 15) is 0 Å². The van der Waals surface area contributed by atoms with Crippen molar-refractivity contribution in [3.63, 3.8) is 0 Å². The number of rotatable bonds is 4. The lowest BCUT2D eigenvalue weighted by molar-refractivity contribution is 0.526. The average Bonchev–Trinajstić information content (AvgIpc) is 2.08. The summed E-state index contributed by atoms with van der Waals surface area (Å²) in [6, 6.07) is 0. The number of hydrogen-bond acceptors (Lipinski definition) is 4. The highest BCUT2D eigenvalue weighted by Gasteiger charge is 2.16. The predicted octanol–water partition coefficient (Wildman–Crippen LogP) is 1.19. The predicted molar refractivity (Wildman–Crippen MR) is 58.4 cm³/mol. The maximum Gasteiger partial charge on any atom is 0.223 e. The fourth-order valence-electron chi connectivity index (χ4n) is 1.25. The van der Waals surface area contributed by atoms with Crippen molar-refractivity contribution in [2.75, 3.05) is 18.9 Å². The van der Waals surface area contributed by atoms with E-state index in [-0.39, 0.29) is 5.54 Å². The molecule has 0 unspecified atom stereocenters. The zero-order valence-electron chi connectivity index (χ0n) is 9.26. The summed E-state index contributed by atoms with van der Waals surface area (Å²) in [5, 5.41) is 6.38. The summed E-state index contributed by atoms with van der Waals surface area (Å²) in [7, 11) is 1.93. The molecule has 0 atom stereocenters. The molecule has 0 saturated carbocycles. The molecule has 0 radical (unpaired) electrons. The van der Waals surface area contributed by atoms with Gasteiger partial charge in [0.05, 0.1) is 0 Å². The van der Waals surface area contributed by atoms with Crippen LogP contribution in [0.15, 0.2) is 12.4 Å². The molecule has 0 aliphatic rings. The standard InChI is InChI=1S/C10H18N4/c1-8-5-12-9(13-6-8)14-10(2,3)7-11-4/h5-6,11H,7H2,1-4H3,(H,12,13,14). The highest BCUT2D eigenvalue weighted by atomic mass is 15.1. The van der Waals surface area contributed by atoms with Gasteiger partial charge in [0, 0.05) is 24.5 Å². The van der Waals surface area contributed by atoms with E-state index in [4.69, 9.17) is 0 Å². The summed E-state index contributed by atoms with van der Waals surface area (Å²) in [5.41, 5.74) is 1.03. The zero-order valence-corrected chi connectivity index (χ0v) is 9.26. The largest absolute Gasteiger partial charge is 0.348 e. The van der Waals surface area contributed by atoms with Crippen LogP contribution in [0.4, 0.5) is 5.95 Å². The third-order valence-electron chi connectivity index (χ3n) is 1.85. The Hall–Kier alpha value is -1.16. The Labute approximate surface area is 85.2 Å². The number of anilines is 1. The monoisotopic (exact) mass is 194 g/mol. The van der Waals surface area contributed by atoms with Crippen molar-refractivity contribution in [2.24, 2.45) is 0 Å². The van der Waals surface area contributed by atoms with E-state index in [2.05, 4.69) is 34.4 Å². The first-order chi connectivity index (χ1) is 6.53. The summed E-state index contributed by atoms with van der Waals surface area (Å²) in [6.07, 6.45) is 3.62. The van der Waals surface area contributed by atoms with Gasteiger partial charge in [0.25, 0.3) is 0 Å². The fourth-order valence-corrected chi connectivity index (χ4v) is 1.25. The molecular formula is C10H18N4. The number of likely N-dealkylation sites (N-methyl/N-ethyl adjacent to an activating group) is 1. The Balaban J connectivity index is 2.64. The van der Waals surface area contributed by atoms with Crippen LogP contribution in [0.25, 0.3) is 0 Å². The molecule has 0 spiro atoms. The van der Waals surface area contributed by atoms with Gasteiger partial charge < -0.3 is 10.6 Å². The summed E-state index contributed by atoms with van der Waals surface area (Å²) < 4.78 is 0. The molecule has 1 heterocycles. The van der Waals surface area contributed by atoms with Crippen LogP contribution in [0.5, 0.6) is 0 Å². The number of aryl methyl sites for hydroxylation is 1. The van der Waals surface area contributed by atoms with Crippen molar-refractivity contribution in [1.29, 1.82) is 0 Å². The van der Waals surface area contributed by atoms with E-state index >= 15 is 0 Å². The van der Waals surface area contributed by atoms with Crippen LogP contribution in [-0.4, -0.2) is 29.1 Å². The molecule has 0 aromatic carbocycles. The minimum absolute atomic E-state index is 0.0377. The van der Waals surface area contributed by atoms with Crippen LogP contribution < -0.4 is 10.6 Å². The molecule has 78 valence electrons. The number of nitrogens with one attached hydrogen (secondary N) is 2. The Bertz CT molecular complexity index is 279. The van der Waals surface area contributed by atoms with E-state index in [1.54, 1.807) is 0 Å². The SMILES string of the molecule is CNCC(C)(C)Nc1ncc(C)cn1. The van der Waals surface area contributed by atoms with Crippen molar-refractivity contribution < 1.29 is 0 Å². The summed E-state index contributed by atoms with van der Waals surface area (Å²) >= 11 is 0. The number of hydrogen-bond donors (Lipinski definition) is 2. The van der Waals surface area contributed by atoms with Gasteiger partial charge in [-0.3, -0.25) is 0 Å². The van der Waals surface area contributed by atoms with Gasteiger partial charge in [-0.2, -0.15) is 0 Å². The lowest BCUT2D eigenvalue weighted by Crippen LogP contribution is -2.41. The lowest BCUT2D eigenvalue weighted by atomic mass is 10.1. The smallest absolute Gasteiger partial charge is 0.223 e. The van der Waals surface area contributed by atoms with E-state index in [1.165, 1.54) is 0 Å². The molecule has 4 heteroatoms. The van der Waals surface area contributed by atoms with E-state index in [1.807, 2.05) is 26.4 Å². The second kappa shape index (κ2) is 4.37. The topological polar surface area (TPSA) is 49.8 Å². The van der Waals surface area contributed by atoms with E-state index in [0.29, 0.717) is 5.95 Å². The molecular weight excluding hydrogens is 176 g/mol. The van der Waals surface area contributed by atoms with Gasteiger partial charge in [-0.1, -0.05) is 0 Å². The molecule has 0 aliphatic heterocycles. The van der Waals surface area contributed by atoms with Crippen LogP contribution in [0.3, 0.4) is 0 Å². The Morgan fingerprint density at radius 1 is 1.29 bits per heavy atom. The van der Waals surface area contributed by atoms with Crippen LogP contribution in [0, 0.1) is 6.92 Å². The summed E-state index contributed by atoms with van der Waals surface area (Å²) in [4.78, 5) is 8.39. The molecule has 14 heavy (non-hydrogen) atoms. The lowest BCUT2D eigenvalue weighted by Gasteiger charge is -2.25. The van der Waals surface area contributed by atoms with Crippen LogP contribution in [0.2, 0.25) is 0 Å². The molecule has 2 N–H and O–H groups in total. The molecule has 0 fully saturated rings. The maximum atomic E-state index is 4.20. The normalized spacial score (nSPS) is 11.4. The number of nitrogens with zero attached hydrogens (tertiary/aromatic N) is 2. The molecule has 0 amide bonds. The highest BCUT2D eigenvalue weighted by molar-refractivity contribution is 5.28. The third-order valence-corrected chi connectivity index (χ3v) is 1.85. The van der Waals surface area contributed by atoms with Crippen LogP contribution in [-0.2, 0) is 0 Å². The van der Waals surface area contributed by atoms with Crippen molar-refractivity contribution in [2.45, 2.75) is 26.3 Å². The first kappa shape index (κ1) is 10.9. The molecule has 4 nitrogen and oxygen atoms in total. The van der Waals surface area contributed by atoms with Crippen molar-refractivity contribution in [1.82, 2.24) is 15.3 Å². The molecule has 1 rings (SSSR count). The van der Waals surface area contributed by atoms with Gasteiger partial charge in [0.2, 0.25) is 5.95 Å². The van der Waals surface area contributed by atoms with Gasteiger partial charge in [-0.05, 0) is 33.4 Å². The molecule has 0 aliphatic carbocycles. The minimum Gasteiger partial charge on any atom is -0.348 e. The molecule has 0 bridgehead atoms. The van der Waals surface area contributed by atoms with Crippen LogP contribution >= 0.6 is 0 Å². The first-order valence-corrected chi connectivity index (χ1v) is 4.75. The van der Waals surface area contributed by atoms with Crippen molar-refractivity contribution >= 4 is 5.95 Å². The van der Waals surface area contributed by atoms with Crippen molar-refractivity contribution in [3.8, 4) is 0 Å². The summed E-state index contributed by atoms with van der Waals surface area (Å²) in [6.45, 7) is 7.05. The first-order valence-electron chi connectivity index (χ1n) is 4.75. The highest BCUT2D eigenvalue weighted by Crippen LogP contribution is 2.08. The third kappa shape index (κ3) is 3.30. The number of aromatic nitrogens is 2. The van der Waals surface area contributed by atoms with Gasteiger partial charge in [0.1, 0.15) is 0 Å². The van der Waals surface area contributed by atoms with E-state index < -0.39 is 0 Å². The maximum absolute atomic E-state index is 4.20. The molecule has 1 aromatic rings.